The van der Waals surface area contributed by atoms with Crippen LogP contribution in [-0.2, 0) is 0 Å². The predicted octanol–water partition coefficient (Wildman–Crippen LogP) is 4.54. The first-order chi connectivity index (χ1) is 8.04. The van der Waals surface area contributed by atoms with E-state index in [1.807, 2.05) is 0 Å². The Morgan fingerprint density at radius 2 is 1.65 bits per heavy atom. The minimum Gasteiger partial charge on any atom is -0.382 e. The molecule has 1 saturated carbocycles. The highest BCUT2D eigenvalue weighted by Gasteiger charge is 2.24. The molecule has 1 aromatic carbocycles. The number of hydrogen-bond donors (Lipinski definition) is 1. The van der Waals surface area contributed by atoms with Gasteiger partial charge in [0.25, 0.3) is 0 Å². The van der Waals surface area contributed by atoms with Crippen molar-refractivity contribution in [1.82, 2.24) is 0 Å². The van der Waals surface area contributed by atoms with E-state index >= 15 is 0 Å². The van der Waals surface area contributed by atoms with Gasteiger partial charge >= 0.3 is 0 Å². The van der Waals surface area contributed by atoms with Gasteiger partial charge in [0.15, 0.2) is 0 Å². The first-order valence-corrected chi connectivity index (χ1v) is 6.89. The zero-order chi connectivity index (χ0) is 12.4. The van der Waals surface area contributed by atoms with E-state index in [4.69, 9.17) is 0 Å². The van der Waals surface area contributed by atoms with Crippen LogP contribution in [0.2, 0.25) is 0 Å². The van der Waals surface area contributed by atoms with Crippen molar-refractivity contribution in [2.45, 2.75) is 53.0 Å². The van der Waals surface area contributed by atoms with Crippen LogP contribution in [-0.4, -0.2) is 6.04 Å². The summed E-state index contributed by atoms with van der Waals surface area (Å²) in [5.74, 6) is 1.70. The predicted molar refractivity (Wildman–Crippen MR) is 75.5 cm³/mol. The molecular weight excluding hydrogens is 206 g/mol. The van der Waals surface area contributed by atoms with Crippen LogP contribution in [0, 0.1) is 25.7 Å². The van der Waals surface area contributed by atoms with Crippen molar-refractivity contribution >= 4 is 5.69 Å². The summed E-state index contributed by atoms with van der Waals surface area (Å²) < 4.78 is 0. The number of hydrogen-bond acceptors (Lipinski definition) is 1. The molecule has 0 bridgehead atoms. The largest absolute Gasteiger partial charge is 0.382 e. The molecule has 1 aromatic rings. The third-order valence-electron chi connectivity index (χ3n) is 4.01. The van der Waals surface area contributed by atoms with Gasteiger partial charge in [0, 0.05) is 11.7 Å². The fraction of sp³-hybridized carbons (Fsp3) is 0.625. The third-order valence-corrected chi connectivity index (χ3v) is 4.01. The lowest BCUT2D eigenvalue weighted by Gasteiger charge is -2.34. The standard InChI is InChI=1S/C16H25N/c1-11-5-6-16(14(4)8-11)17-15-9-12(2)7-13(3)10-15/h7,9-11,14,16-17H,5-6,8H2,1-4H3. The van der Waals surface area contributed by atoms with Crippen LogP contribution in [0.25, 0.3) is 0 Å². The van der Waals surface area contributed by atoms with Crippen molar-refractivity contribution in [1.29, 1.82) is 0 Å². The third kappa shape index (κ3) is 3.24. The Morgan fingerprint density at radius 3 is 2.24 bits per heavy atom. The van der Waals surface area contributed by atoms with E-state index in [-0.39, 0.29) is 0 Å². The SMILES string of the molecule is Cc1cc(C)cc(NC2CCC(C)CC2C)c1. The van der Waals surface area contributed by atoms with Gasteiger partial charge in [-0.3, -0.25) is 0 Å². The fourth-order valence-electron chi connectivity index (χ4n) is 3.15. The van der Waals surface area contributed by atoms with Gasteiger partial charge in [-0.1, -0.05) is 19.9 Å². The van der Waals surface area contributed by atoms with Crippen molar-refractivity contribution in [2.24, 2.45) is 11.8 Å². The monoisotopic (exact) mass is 231 g/mol. The molecule has 3 unspecified atom stereocenters. The molecule has 0 aliphatic heterocycles. The quantitative estimate of drug-likeness (QED) is 0.788. The number of rotatable bonds is 2. The molecule has 1 fully saturated rings. The molecule has 94 valence electrons. The fourth-order valence-corrected chi connectivity index (χ4v) is 3.15. The molecule has 3 atom stereocenters. The number of aryl methyl sites for hydroxylation is 2. The second-order valence-electron chi connectivity index (χ2n) is 6.02. The Hall–Kier alpha value is -0.980. The van der Waals surface area contributed by atoms with Gasteiger partial charge in [-0.05, 0) is 68.2 Å². The highest BCUT2D eigenvalue weighted by Crippen LogP contribution is 2.31. The van der Waals surface area contributed by atoms with Crippen molar-refractivity contribution in [3.8, 4) is 0 Å². The topological polar surface area (TPSA) is 12.0 Å². The maximum Gasteiger partial charge on any atom is 0.0347 e. The molecule has 0 heterocycles. The molecule has 1 aliphatic carbocycles. The van der Waals surface area contributed by atoms with Gasteiger partial charge in [0.2, 0.25) is 0 Å². The van der Waals surface area contributed by atoms with Crippen molar-refractivity contribution in [3.05, 3.63) is 29.3 Å². The molecule has 2 rings (SSSR count). The highest BCUT2D eigenvalue weighted by atomic mass is 14.9. The number of anilines is 1. The maximum absolute atomic E-state index is 3.73. The van der Waals surface area contributed by atoms with E-state index in [1.165, 1.54) is 36.1 Å². The lowest BCUT2D eigenvalue weighted by Crippen LogP contribution is -2.33. The average molecular weight is 231 g/mol. The van der Waals surface area contributed by atoms with Gasteiger partial charge in [0.1, 0.15) is 0 Å². The van der Waals surface area contributed by atoms with Crippen LogP contribution in [0.15, 0.2) is 18.2 Å². The van der Waals surface area contributed by atoms with E-state index in [1.54, 1.807) is 0 Å². The normalized spacial score (nSPS) is 29.1. The van der Waals surface area contributed by atoms with E-state index in [2.05, 4.69) is 51.2 Å². The Balaban J connectivity index is 2.05. The summed E-state index contributed by atoms with van der Waals surface area (Å²) in [7, 11) is 0. The number of benzene rings is 1. The molecule has 1 heteroatoms. The molecule has 0 saturated heterocycles. The summed E-state index contributed by atoms with van der Waals surface area (Å²) in [5, 5.41) is 3.73. The first-order valence-electron chi connectivity index (χ1n) is 6.89. The van der Waals surface area contributed by atoms with Gasteiger partial charge < -0.3 is 5.32 Å². The summed E-state index contributed by atoms with van der Waals surface area (Å²) >= 11 is 0. The van der Waals surface area contributed by atoms with Gasteiger partial charge in [-0.15, -0.1) is 0 Å². The Labute approximate surface area is 106 Å². The minimum atomic E-state index is 0.660. The summed E-state index contributed by atoms with van der Waals surface area (Å²) in [4.78, 5) is 0. The Bertz CT molecular complexity index is 363. The number of nitrogens with one attached hydrogen (secondary N) is 1. The first kappa shape index (κ1) is 12.5. The Kier molecular flexibility index (Phi) is 3.76. The van der Waals surface area contributed by atoms with Crippen LogP contribution in [0.5, 0.6) is 0 Å². The molecule has 1 N–H and O–H groups in total. The zero-order valence-electron chi connectivity index (χ0n) is 11.6. The molecular formula is C16H25N. The second-order valence-corrected chi connectivity index (χ2v) is 6.02. The zero-order valence-corrected chi connectivity index (χ0v) is 11.6. The highest BCUT2D eigenvalue weighted by molar-refractivity contribution is 5.49. The van der Waals surface area contributed by atoms with Gasteiger partial charge in [-0.25, -0.2) is 0 Å². The molecule has 0 aromatic heterocycles. The Morgan fingerprint density at radius 1 is 1.00 bits per heavy atom. The molecule has 0 radical (unpaired) electrons. The van der Waals surface area contributed by atoms with E-state index in [9.17, 15) is 0 Å². The smallest absolute Gasteiger partial charge is 0.0347 e. The molecule has 1 nitrogen and oxygen atoms in total. The van der Waals surface area contributed by atoms with Crippen LogP contribution >= 0.6 is 0 Å². The maximum atomic E-state index is 3.73. The van der Waals surface area contributed by atoms with Crippen LogP contribution in [0.1, 0.15) is 44.2 Å². The van der Waals surface area contributed by atoms with Crippen LogP contribution < -0.4 is 5.32 Å². The second kappa shape index (κ2) is 5.12. The van der Waals surface area contributed by atoms with Gasteiger partial charge in [-0.2, -0.15) is 0 Å². The lowest BCUT2D eigenvalue weighted by atomic mass is 9.80. The van der Waals surface area contributed by atoms with Crippen molar-refractivity contribution in [3.63, 3.8) is 0 Å². The van der Waals surface area contributed by atoms with Crippen molar-refractivity contribution in [2.75, 3.05) is 5.32 Å². The summed E-state index contributed by atoms with van der Waals surface area (Å²) in [5.41, 5.74) is 4.00. The lowest BCUT2D eigenvalue weighted by molar-refractivity contribution is 0.276. The van der Waals surface area contributed by atoms with E-state index < -0.39 is 0 Å². The van der Waals surface area contributed by atoms with Crippen LogP contribution in [0.4, 0.5) is 5.69 Å². The average Bonchev–Trinajstić information content (AvgIpc) is 2.21. The molecule has 17 heavy (non-hydrogen) atoms. The minimum absolute atomic E-state index is 0.660. The van der Waals surface area contributed by atoms with Crippen LogP contribution in [0.3, 0.4) is 0 Å². The van der Waals surface area contributed by atoms with E-state index in [0.717, 1.165) is 11.8 Å². The summed E-state index contributed by atoms with van der Waals surface area (Å²) in [6.45, 7) is 9.11. The summed E-state index contributed by atoms with van der Waals surface area (Å²) in [6.07, 6.45) is 4.05. The van der Waals surface area contributed by atoms with Gasteiger partial charge in [0.05, 0.1) is 0 Å². The van der Waals surface area contributed by atoms with Crippen molar-refractivity contribution < 1.29 is 0 Å². The molecule has 1 aliphatic rings. The van der Waals surface area contributed by atoms with E-state index in [0.29, 0.717) is 6.04 Å². The molecule has 0 amide bonds. The molecule has 0 spiro atoms. The summed E-state index contributed by atoms with van der Waals surface area (Å²) in [6, 6.07) is 7.42.